The van der Waals surface area contributed by atoms with E-state index in [1.165, 1.54) is 0 Å². The van der Waals surface area contributed by atoms with Gasteiger partial charge in [0.25, 0.3) is 0 Å². The van der Waals surface area contributed by atoms with Crippen molar-refractivity contribution < 1.29 is 14.2 Å². The van der Waals surface area contributed by atoms with Gasteiger partial charge < -0.3 is 14.2 Å². The molecule has 0 saturated heterocycles. The predicted molar refractivity (Wildman–Crippen MR) is 73.4 cm³/mol. The van der Waals surface area contributed by atoms with E-state index in [0.29, 0.717) is 6.61 Å². The van der Waals surface area contributed by atoms with Gasteiger partial charge in [-0.15, -0.1) is 0 Å². The molecule has 6 heteroatoms. The number of hydrogen-bond donors (Lipinski definition) is 0. The van der Waals surface area contributed by atoms with Crippen molar-refractivity contribution in [3.63, 3.8) is 0 Å². The molecule has 19 heavy (non-hydrogen) atoms. The van der Waals surface area contributed by atoms with E-state index < -0.39 is 0 Å². The van der Waals surface area contributed by atoms with E-state index >= 15 is 0 Å². The van der Waals surface area contributed by atoms with Crippen LogP contribution >= 0.6 is 15.9 Å². The summed E-state index contributed by atoms with van der Waals surface area (Å²) in [6, 6.07) is 3.88. The first-order valence-electron chi connectivity index (χ1n) is 5.89. The summed E-state index contributed by atoms with van der Waals surface area (Å²) >= 11 is 3.55. The summed E-state index contributed by atoms with van der Waals surface area (Å²) in [4.78, 5) is 0. The average Bonchev–Trinajstić information content (AvgIpc) is 3.03. The van der Waals surface area contributed by atoms with Gasteiger partial charge in [-0.1, -0.05) is 15.9 Å². The lowest BCUT2D eigenvalue weighted by Gasteiger charge is -2.04. The molecule has 0 N–H and O–H groups in total. The molecule has 0 aliphatic carbocycles. The molecule has 100 valence electrons. The highest BCUT2D eigenvalue weighted by atomic mass is 79.9. The highest BCUT2D eigenvalue weighted by Crippen LogP contribution is 2.40. The molecule has 0 radical (unpaired) electrons. The Kier molecular flexibility index (Phi) is 3.44. The Balaban J connectivity index is 1.91. The van der Waals surface area contributed by atoms with Gasteiger partial charge in [0.05, 0.1) is 19.3 Å². The molecule has 0 saturated carbocycles. The molecule has 1 aromatic carbocycles. The lowest BCUT2D eigenvalue weighted by atomic mass is 10.1. The van der Waals surface area contributed by atoms with Crippen LogP contribution < -0.4 is 9.47 Å². The minimum atomic E-state index is 0.276. The first kappa shape index (κ1) is 12.5. The number of ether oxygens (including phenoxy) is 3. The summed E-state index contributed by atoms with van der Waals surface area (Å²) in [6.07, 6.45) is 3.82. The lowest BCUT2D eigenvalue weighted by Crippen LogP contribution is -2.03. The molecule has 1 aromatic heterocycles. The van der Waals surface area contributed by atoms with Crippen LogP contribution in [0.15, 0.2) is 29.0 Å². The van der Waals surface area contributed by atoms with Gasteiger partial charge in [0.15, 0.2) is 11.5 Å². The van der Waals surface area contributed by atoms with E-state index in [2.05, 4.69) is 21.0 Å². The molecule has 0 atom stereocenters. The third kappa shape index (κ3) is 2.46. The van der Waals surface area contributed by atoms with Crippen molar-refractivity contribution in [3.05, 3.63) is 29.0 Å². The van der Waals surface area contributed by atoms with E-state index in [4.69, 9.17) is 14.2 Å². The van der Waals surface area contributed by atoms with Gasteiger partial charge in [0, 0.05) is 28.9 Å². The molecule has 0 amide bonds. The molecule has 0 spiro atoms. The Morgan fingerprint density at radius 1 is 1.37 bits per heavy atom. The maximum atomic E-state index is 5.40. The standard InChI is InChI=1S/C13H13BrN2O3/c1-17-3-2-16-7-9(6-15-16)10-4-12-13(5-11(10)14)19-8-18-12/h4-7H,2-3,8H2,1H3. The summed E-state index contributed by atoms with van der Waals surface area (Å²) in [5, 5.41) is 4.31. The van der Waals surface area contributed by atoms with Crippen molar-refractivity contribution in [1.29, 1.82) is 0 Å². The Labute approximate surface area is 119 Å². The number of aromatic nitrogens is 2. The quantitative estimate of drug-likeness (QED) is 0.867. The second-order valence-corrected chi connectivity index (χ2v) is 5.02. The van der Waals surface area contributed by atoms with Crippen LogP contribution in [0.2, 0.25) is 0 Å². The zero-order valence-electron chi connectivity index (χ0n) is 10.4. The first-order chi connectivity index (χ1) is 9.28. The van der Waals surface area contributed by atoms with Crippen LogP contribution in [0.3, 0.4) is 0 Å². The summed E-state index contributed by atoms with van der Waals surface area (Å²) in [6.45, 7) is 1.65. The topological polar surface area (TPSA) is 45.5 Å². The van der Waals surface area contributed by atoms with Gasteiger partial charge in [-0.05, 0) is 12.1 Å². The molecule has 1 aliphatic heterocycles. The third-order valence-corrected chi connectivity index (χ3v) is 3.59. The minimum absolute atomic E-state index is 0.276. The molecule has 2 aromatic rings. The van der Waals surface area contributed by atoms with Gasteiger partial charge in [-0.3, -0.25) is 4.68 Å². The van der Waals surface area contributed by atoms with Crippen LogP contribution in [0.1, 0.15) is 0 Å². The molecule has 0 bridgehead atoms. The normalized spacial score (nSPS) is 12.9. The SMILES string of the molecule is COCCn1cc(-c2cc3c(cc2Br)OCO3)cn1. The molecule has 3 rings (SSSR count). The zero-order valence-corrected chi connectivity index (χ0v) is 12.0. The fourth-order valence-corrected chi connectivity index (χ4v) is 2.50. The highest BCUT2D eigenvalue weighted by molar-refractivity contribution is 9.10. The van der Waals surface area contributed by atoms with Crippen molar-refractivity contribution >= 4 is 15.9 Å². The number of rotatable bonds is 4. The van der Waals surface area contributed by atoms with Crippen molar-refractivity contribution in [2.45, 2.75) is 6.54 Å². The zero-order chi connectivity index (χ0) is 13.2. The average molecular weight is 325 g/mol. The first-order valence-corrected chi connectivity index (χ1v) is 6.68. The number of methoxy groups -OCH3 is 1. The third-order valence-electron chi connectivity index (χ3n) is 2.93. The van der Waals surface area contributed by atoms with E-state index in [9.17, 15) is 0 Å². The maximum Gasteiger partial charge on any atom is 0.231 e. The molecule has 5 nitrogen and oxygen atoms in total. The number of fused-ring (bicyclic) bond motifs is 1. The van der Waals surface area contributed by atoms with Gasteiger partial charge in [0.2, 0.25) is 6.79 Å². The van der Waals surface area contributed by atoms with E-state index in [-0.39, 0.29) is 6.79 Å². The van der Waals surface area contributed by atoms with Gasteiger partial charge in [-0.2, -0.15) is 5.10 Å². The Hall–Kier alpha value is -1.53. The second-order valence-electron chi connectivity index (χ2n) is 4.17. The smallest absolute Gasteiger partial charge is 0.231 e. The Bertz CT molecular complexity index is 598. The van der Waals surface area contributed by atoms with Crippen LogP contribution in [0, 0.1) is 0 Å². The molecule has 0 unspecified atom stereocenters. The Morgan fingerprint density at radius 2 is 2.16 bits per heavy atom. The second kappa shape index (κ2) is 5.22. The van der Waals surface area contributed by atoms with Crippen molar-refractivity contribution in [1.82, 2.24) is 9.78 Å². The molecular formula is C13H13BrN2O3. The largest absolute Gasteiger partial charge is 0.454 e. The van der Waals surface area contributed by atoms with Crippen molar-refractivity contribution in [2.75, 3.05) is 20.5 Å². The monoisotopic (exact) mass is 324 g/mol. The van der Waals surface area contributed by atoms with E-state index in [0.717, 1.165) is 33.6 Å². The minimum Gasteiger partial charge on any atom is -0.454 e. The van der Waals surface area contributed by atoms with Crippen LogP contribution in [-0.2, 0) is 11.3 Å². The molecule has 1 aliphatic rings. The van der Waals surface area contributed by atoms with Crippen LogP contribution in [0.4, 0.5) is 0 Å². The van der Waals surface area contributed by atoms with Crippen LogP contribution in [-0.4, -0.2) is 30.3 Å². The Morgan fingerprint density at radius 3 is 2.95 bits per heavy atom. The summed E-state index contributed by atoms with van der Waals surface area (Å²) in [7, 11) is 1.68. The van der Waals surface area contributed by atoms with E-state index in [1.807, 2.05) is 29.2 Å². The van der Waals surface area contributed by atoms with Gasteiger partial charge >= 0.3 is 0 Å². The summed E-state index contributed by atoms with van der Waals surface area (Å²) < 4.78 is 18.6. The fourth-order valence-electron chi connectivity index (χ4n) is 1.95. The van der Waals surface area contributed by atoms with Gasteiger partial charge in [-0.25, -0.2) is 0 Å². The van der Waals surface area contributed by atoms with Crippen molar-refractivity contribution in [3.8, 4) is 22.6 Å². The molecular weight excluding hydrogens is 312 g/mol. The van der Waals surface area contributed by atoms with Gasteiger partial charge in [0.1, 0.15) is 0 Å². The summed E-state index contributed by atoms with van der Waals surface area (Å²) in [5.74, 6) is 1.53. The van der Waals surface area contributed by atoms with Crippen LogP contribution in [0.25, 0.3) is 11.1 Å². The number of halogens is 1. The predicted octanol–water partition coefficient (Wildman–Crippen LogP) is 2.69. The maximum absolute atomic E-state index is 5.40. The fraction of sp³-hybridized carbons (Fsp3) is 0.308. The van der Waals surface area contributed by atoms with E-state index in [1.54, 1.807) is 7.11 Å². The van der Waals surface area contributed by atoms with Crippen LogP contribution in [0.5, 0.6) is 11.5 Å². The number of hydrogen-bond acceptors (Lipinski definition) is 4. The number of benzene rings is 1. The molecule has 0 fully saturated rings. The number of nitrogens with zero attached hydrogens (tertiary/aromatic N) is 2. The van der Waals surface area contributed by atoms with Crippen molar-refractivity contribution in [2.24, 2.45) is 0 Å². The molecule has 2 heterocycles. The lowest BCUT2D eigenvalue weighted by molar-refractivity contribution is 0.174. The highest BCUT2D eigenvalue weighted by Gasteiger charge is 2.17. The summed E-state index contributed by atoms with van der Waals surface area (Å²) in [5.41, 5.74) is 2.06.